The third kappa shape index (κ3) is 3.95. The van der Waals surface area contributed by atoms with Crippen LogP contribution in [0.4, 0.5) is 0 Å². The molecule has 1 aromatic carbocycles. The molecule has 1 fully saturated rings. The molecule has 122 valence electrons. The van der Waals surface area contributed by atoms with E-state index in [1.165, 1.54) is 16.7 Å². The van der Waals surface area contributed by atoms with Crippen molar-refractivity contribution < 1.29 is 14.4 Å². The molecule has 3 rings (SSSR count). The molecule has 0 radical (unpaired) electrons. The van der Waals surface area contributed by atoms with Crippen molar-refractivity contribution in [2.45, 2.75) is 6.92 Å². The van der Waals surface area contributed by atoms with Crippen LogP contribution in [0, 0.1) is 0 Å². The first-order valence-electron chi connectivity index (χ1n) is 7.97. The van der Waals surface area contributed by atoms with Crippen LogP contribution in [0.25, 0.3) is 6.08 Å². The first kappa shape index (κ1) is 16.1. The van der Waals surface area contributed by atoms with E-state index in [-0.39, 0.29) is 5.91 Å². The average Bonchev–Trinajstić information content (AvgIpc) is 2.91. The summed E-state index contributed by atoms with van der Waals surface area (Å²) >= 11 is 1.48. The molecule has 1 N–H and O–H groups in total. The fraction of sp³-hybridized carbons (Fsp3) is 0.412. The van der Waals surface area contributed by atoms with Gasteiger partial charge in [0.05, 0.1) is 44.7 Å². The van der Waals surface area contributed by atoms with Gasteiger partial charge in [-0.15, -0.1) is 0 Å². The second kappa shape index (κ2) is 7.19. The molecule has 0 aliphatic carbocycles. The van der Waals surface area contributed by atoms with Gasteiger partial charge in [-0.2, -0.15) is 4.99 Å². The molecule has 0 bridgehead atoms. The van der Waals surface area contributed by atoms with Crippen LogP contribution >= 0.6 is 11.8 Å². The highest BCUT2D eigenvalue weighted by Gasteiger charge is 2.28. The van der Waals surface area contributed by atoms with Crippen LogP contribution in [0.3, 0.4) is 0 Å². The minimum atomic E-state index is -0.134. The van der Waals surface area contributed by atoms with E-state index in [0.717, 1.165) is 42.7 Å². The number of carbonyl (C=O) groups excluding carboxylic acids is 1. The average molecular weight is 332 g/mol. The molecule has 0 unspecified atom stereocenters. The third-order valence-electron chi connectivity index (χ3n) is 3.99. The molecule has 0 atom stereocenters. The summed E-state index contributed by atoms with van der Waals surface area (Å²) < 4.78 is 5.43. The predicted molar refractivity (Wildman–Crippen MR) is 93.8 cm³/mol. The Morgan fingerprint density at radius 2 is 2.00 bits per heavy atom. The number of thioether (sulfide) groups is 1. The van der Waals surface area contributed by atoms with Gasteiger partial charge in [-0.3, -0.25) is 4.79 Å². The normalized spacial score (nSPS) is 21.0. The predicted octanol–water partition coefficient (Wildman–Crippen LogP) is 0.886. The van der Waals surface area contributed by atoms with Crippen LogP contribution in [-0.4, -0.2) is 55.8 Å². The summed E-state index contributed by atoms with van der Waals surface area (Å²) in [6.45, 7) is 6.71. The standard InChI is InChI=1S/C17H21N3O2S/c1-3-22-14-6-4-13(5-7-14)12-15-16(21)18-17(23-15)20-10-8-19(2)9-11-20/h4-7,12H,3,8-11H2,1-2H3/p+1/b15-12+. The number of likely N-dealkylation sites (N-methyl/N-ethyl adjacent to an activating group) is 1. The Labute approximate surface area is 141 Å². The van der Waals surface area contributed by atoms with E-state index in [2.05, 4.69) is 16.9 Å². The number of hydrogen-bond donors (Lipinski definition) is 1. The molecule has 1 saturated heterocycles. The molecular formula is C17H22N3O2S+. The number of nitrogens with zero attached hydrogens (tertiary/aromatic N) is 2. The van der Waals surface area contributed by atoms with Gasteiger partial charge in [0.15, 0.2) is 5.17 Å². The van der Waals surface area contributed by atoms with E-state index in [9.17, 15) is 4.79 Å². The molecule has 2 heterocycles. The number of nitrogens with one attached hydrogen (secondary N) is 1. The smallest absolute Gasteiger partial charge is 0.286 e. The van der Waals surface area contributed by atoms with Crippen molar-refractivity contribution >= 4 is 28.9 Å². The van der Waals surface area contributed by atoms with Crippen molar-refractivity contribution in [1.29, 1.82) is 0 Å². The first-order valence-corrected chi connectivity index (χ1v) is 8.79. The van der Waals surface area contributed by atoms with E-state index in [1.807, 2.05) is 37.3 Å². The largest absolute Gasteiger partial charge is 0.494 e. The molecule has 2 aliphatic rings. The molecule has 2 aliphatic heterocycles. The lowest BCUT2D eigenvalue weighted by Crippen LogP contribution is -3.12. The summed E-state index contributed by atoms with van der Waals surface area (Å²) in [4.78, 5) is 20.8. The molecule has 1 aromatic rings. The molecule has 0 saturated carbocycles. The van der Waals surface area contributed by atoms with Gasteiger partial charge in [-0.1, -0.05) is 12.1 Å². The molecule has 0 aromatic heterocycles. The van der Waals surface area contributed by atoms with Crippen LogP contribution in [0.2, 0.25) is 0 Å². The summed E-state index contributed by atoms with van der Waals surface area (Å²) in [5, 5.41) is 0.847. The number of hydrogen-bond acceptors (Lipinski definition) is 4. The Bertz CT molecular complexity index is 632. The van der Waals surface area contributed by atoms with Crippen molar-refractivity contribution in [3.05, 3.63) is 34.7 Å². The second-order valence-corrected chi connectivity index (χ2v) is 6.77. The van der Waals surface area contributed by atoms with Crippen molar-refractivity contribution in [3.63, 3.8) is 0 Å². The van der Waals surface area contributed by atoms with Gasteiger partial charge in [-0.25, -0.2) is 0 Å². The lowest BCUT2D eigenvalue weighted by atomic mass is 10.2. The zero-order valence-electron chi connectivity index (χ0n) is 13.5. The maximum absolute atomic E-state index is 12.1. The maximum Gasteiger partial charge on any atom is 0.286 e. The summed E-state index contributed by atoms with van der Waals surface area (Å²) in [5.74, 6) is 0.710. The Morgan fingerprint density at radius 1 is 1.30 bits per heavy atom. The number of carbonyl (C=O) groups is 1. The van der Waals surface area contributed by atoms with Crippen LogP contribution in [0.1, 0.15) is 12.5 Å². The minimum Gasteiger partial charge on any atom is -0.494 e. The highest BCUT2D eigenvalue weighted by molar-refractivity contribution is 8.18. The van der Waals surface area contributed by atoms with Crippen LogP contribution in [0.5, 0.6) is 5.75 Å². The number of amides is 1. The fourth-order valence-electron chi connectivity index (χ4n) is 2.59. The Hall–Kier alpha value is -1.79. The maximum atomic E-state index is 12.1. The molecule has 6 heteroatoms. The number of piperazine rings is 1. The van der Waals surface area contributed by atoms with Gasteiger partial charge in [0, 0.05) is 0 Å². The molecular weight excluding hydrogens is 310 g/mol. The monoisotopic (exact) mass is 332 g/mol. The number of benzene rings is 1. The first-order chi connectivity index (χ1) is 11.2. The zero-order chi connectivity index (χ0) is 16.2. The number of rotatable bonds is 3. The van der Waals surface area contributed by atoms with Gasteiger partial charge < -0.3 is 14.5 Å². The summed E-state index contributed by atoms with van der Waals surface area (Å²) in [6.07, 6.45) is 1.90. The van der Waals surface area contributed by atoms with Crippen molar-refractivity contribution in [1.82, 2.24) is 4.90 Å². The van der Waals surface area contributed by atoms with Crippen molar-refractivity contribution in [3.8, 4) is 5.75 Å². The third-order valence-corrected chi connectivity index (χ3v) is 5.03. The van der Waals surface area contributed by atoms with E-state index >= 15 is 0 Å². The number of aliphatic imine (C=N–C) groups is 1. The highest BCUT2D eigenvalue weighted by Crippen LogP contribution is 2.30. The second-order valence-electron chi connectivity index (χ2n) is 5.76. The fourth-order valence-corrected chi connectivity index (χ4v) is 3.56. The topological polar surface area (TPSA) is 46.3 Å². The minimum absolute atomic E-state index is 0.134. The Kier molecular flexibility index (Phi) is 5.03. The summed E-state index contributed by atoms with van der Waals surface area (Å²) in [6, 6.07) is 7.77. The number of quaternary nitrogens is 1. The molecule has 5 nitrogen and oxygen atoms in total. The highest BCUT2D eigenvalue weighted by atomic mass is 32.2. The van der Waals surface area contributed by atoms with Gasteiger partial charge in [-0.05, 0) is 42.5 Å². The van der Waals surface area contributed by atoms with Crippen molar-refractivity contribution in [2.75, 3.05) is 39.8 Å². The summed E-state index contributed by atoms with van der Waals surface area (Å²) in [5.41, 5.74) is 0.989. The van der Waals surface area contributed by atoms with E-state index in [1.54, 1.807) is 0 Å². The van der Waals surface area contributed by atoms with Gasteiger partial charge in [0.25, 0.3) is 5.91 Å². The zero-order valence-corrected chi connectivity index (χ0v) is 14.4. The molecule has 23 heavy (non-hydrogen) atoms. The van der Waals surface area contributed by atoms with Gasteiger partial charge >= 0.3 is 0 Å². The lowest BCUT2D eigenvalue weighted by Gasteiger charge is -2.30. The van der Waals surface area contributed by atoms with E-state index < -0.39 is 0 Å². The van der Waals surface area contributed by atoms with Gasteiger partial charge in [0.2, 0.25) is 0 Å². The van der Waals surface area contributed by atoms with Gasteiger partial charge in [0.1, 0.15) is 5.75 Å². The SMILES string of the molecule is CCOc1ccc(/C=C2/SC(N3CC[NH+](C)CC3)=NC2=O)cc1. The van der Waals surface area contributed by atoms with Crippen LogP contribution in [0.15, 0.2) is 34.2 Å². The van der Waals surface area contributed by atoms with Crippen LogP contribution < -0.4 is 9.64 Å². The van der Waals surface area contributed by atoms with Crippen molar-refractivity contribution in [2.24, 2.45) is 4.99 Å². The quantitative estimate of drug-likeness (QED) is 0.835. The summed E-state index contributed by atoms with van der Waals surface area (Å²) in [7, 11) is 2.20. The number of ether oxygens (including phenoxy) is 1. The Morgan fingerprint density at radius 3 is 2.65 bits per heavy atom. The van der Waals surface area contributed by atoms with Crippen LogP contribution in [-0.2, 0) is 4.79 Å². The molecule has 0 spiro atoms. The Balaban J connectivity index is 1.67. The molecule has 1 amide bonds. The lowest BCUT2D eigenvalue weighted by molar-refractivity contribution is -0.883. The number of amidine groups is 1. The van der Waals surface area contributed by atoms with E-state index in [0.29, 0.717) is 11.5 Å². The van der Waals surface area contributed by atoms with E-state index in [4.69, 9.17) is 4.74 Å².